The lowest BCUT2D eigenvalue weighted by molar-refractivity contribution is -0.130. The molecule has 4 nitrogen and oxygen atoms in total. The average Bonchev–Trinajstić information content (AvgIpc) is 2.29. The van der Waals surface area contributed by atoms with E-state index in [1.165, 1.54) is 12.8 Å². The van der Waals surface area contributed by atoms with Crippen molar-refractivity contribution in [3.8, 4) is 0 Å². The molecule has 3 aliphatic rings. The number of hydrogen-bond acceptors (Lipinski definition) is 2. The van der Waals surface area contributed by atoms with Crippen molar-refractivity contribution >= 4 is 11.8 Å². The summed E-state index contributed by atoms with van der Waals surface area (Å²) in [5.74, 6) is 0.990. The Hall–Kier alpha value is -1.06. The Balaban J connectivity index is 1.56. The highest BCUT2D eigenvalue weighted by Gasteiger charge is 2.42. The Labute approximate surface area is 146 Å². The van der Waals surface area contributed by atoms with Gasteiger partial charge in [0.15, 0.2) is 0 Å². The molecule has 136 valence electrons. The van der Waals surface area contributed by atoms with Crippen LogP contribution in [0.15, 0.2) is 0 Å². The van der Waals surface area contributed by atoms with Crippen molar-refractivity contribution in [2.45, 2.75) is 84.6 Å². The molecule has 0 bridgehead atoms. The van der Waals surface area contributed by atoms with Gasteiger partial charge in [-0.1, -0.05) is 33.6 Å². The molecular formula is C20H34N2O2. The monoisotopic (exact) mass is 334 g/mol. The van der Waals surface area contributed by atoms with Crippen molar-refractivity contribution in [2.24, 2.45) is 22.7 Å². The number of rotatable bonds is 5. The summed E-state index contributed by atoms with van der Waals surface area (Å²) in [4.78, 5) is 24.5. The molecule has 0 aromatic heterocycles. The molecule has 4 heteroatoms. The molecule has 3 aliphatic carbocycles. The lowest BCUT2D eigenvalue weighted by Gasteiger charge is -2.47. The van der Waals surface area contributed by atoms with Crippen LogP contribution in [0.4, 0.5) is 0 Å². The summed E-state index contributed by atoms with van der Waals surface area (Å²) in [6.45, 7) is 7.60. The Morgan fingerprint density at radius 2 is 1.50 bits per heavy atom. The molecule has 0 aromatic carbocycles. The zero-order chi connectivity index (χ0) is 17.4. The summed E-state index contributed by atoms with van der Waals surface area (Å²) < 4.78 is 0. The van der Waals surface area contributed by atoms with Crippen LogP contribution in [-0.4, -0.2) is 24.4 Å². The van der Waals surface area contributed by atoms with Crippen LogP contribution in [0.5, 0.6) is 0 Å². The van der Waals surface area contributed by atoms with E-state index >= 15 is 0 Å². The van der Waals surface area contributed by atoms with Gasteiger partial charge in [0, 0.05) is 24.4 Å². The fourth-order valence-electron chi connectivity index (χ4n) is 4.98. The first-order chi connectivity index (χ1) is 11.3. The molecule has 0 heterocycles. The third-order valence-corrected chi connectivity index (χ3v) is 6.43. The normalized spacial score (nSPS) is 33.2. The fraction of sp³-hybridized carbons (Fsp3) is 0.900. The molecule has 3 saturated carbocycles. The minimum Gasteiger partial charge on any atom is -0.355 e. The Morgan fingerprint density at radius 3 is 2.04 bits per heavy atom. The standard InChI is InChI=1S/C20H34N2O2/c1-19(2)10-16(22-18(24)15-8-5-9-15)11-20(3,12-19)13-21-17(23)14-6-4-7-14/h14-16H,4-13H2,1-3H3,(H,21,23)(H,22,24)/t16-,20-/m1/s1. The third-order valence-electron chi connectivity index (χ3n) is 6.43. The lowest BCUT2D eigenvalue weighted by Crippen LogP contribution is -2.52. The largest absolute Gasteiger partial charge is 0.355 e. The van der Waals surface area contributed by atoms with E-state index in [9.17, 15) is 9.59 Å². The van der Waals surface area contributed by atoms with Gasteiger partial charge in [0.25, 0.3) is 0 Å². The van der Waals surface area contributed by atoms with Gasteiger partial charge in [0.05, 0.1) is 0 Å². The summed E-state index contributed by atoms with van der Waals surface area (Å²) in [7, 11) is 0. The highest BCUT2D eigenvalue weighted by atomic mass is 16.2. The molecule has 2 atom stereocenters. The van der Waals surface area contributed by atoms with E-state index in [0.717, 1.165) is 51.5 Å². The van der Waals surface area contributed by atoms with Crippen molar-refractivity contribution in [2.75, 3.05) is 6.54 Å². The van der Waals surface area contributed by atoms with Gasteiger partial charge in [-0.15, -0.1) is 0 Å². The van der Waals surface area contributed by atoms with Crippen LogP contribution >= 0.6 is 0 Å². The summed E-state index contributed by atoms with van der Waals surface area (Å²) >= 11 is 0. The predicted molar refractivity (Wildman–Crippen MR) is 95.4 cm³/mol. The van der Waals surface area contributed by atoms with E-state index in [-0.39, 0.29) is 40.5 Å². The molecule has 0 spiro atoms. The third kappa shape index (κ3) is 4.12. The van der Waals surface area contributed by atoms with Crippen molar-refractivity contribution in [3.05, 3.63) is 0 Å². The second-order valence-electron chi connectivity index (χ2n) is 9.74. The van der Waals surface area contributed by atoms with Crippen LogP contribution in [-0.2, 0) is 9.59 Å². The molecule has 2 amide bonds. The molecular weight excluding hydrogens is 300 g/mol. The molecule has 0 saturated heterocycles. The number of carbonyl (C=O) groups excluding carboxylic acids is 2. The summed E-state index contributed by atoms with van der Waals surface area (Å²) in [5.41, 5.74) is 0.268. The highest BCUT2D eigenvalue weighted by Crippen LogP contribution is 2.46. The fourth-order valence-corrected chi connectivity index (χ4v) is 4.98. The van der Waals surface area contributed by atoms with E-state index in [1.807, 2.05) is 0 Å². The van der Waals surface area contributed by atoms with Crippen LogP contribution in [0.1, 0.15) is 78.6 Å². The Kier molecular flexibility index (Phi) is 4.94. The predicted octanol–water partition coefficient (Wildman–Crippen LogP) is 3.40. The molecule has 3 fully saturated rings. The van der Waals surface area contributed by atoms with E-state index in [2.05, 4.69) is 31.4 Å². The van der Waals surface area contributed by atoms with E-state index < -0.39 is 0 Å². The van der Waals surface area contributed by atoms with Gasteiger partial charge < -0.3 is 10.6 Å². The maximum atomic E-state index is 12.3. The molecule has 0 radical (unpaired) electrons. The highest BCUT2D eigenvalue weighted by molar-refractivity contribution is 5.80. The first-order valence-corrected chi connectivity index (χ1v) is 9.85. The minimum atomic E-state index is 0.0682. The zero-order valence-electron chi connectivity index (χ0n) is 15.6. The van der Waals surface area contributed by atoms with Crippen molar-refractivity contribution in [3.63, 3.8) is 0 Å². The Bertz CT molecular complexity index is 494. The summed E-state index contributed by atoms with van der Waals surface area (Å²) in [5, 5.41) is 6.51. The number of nitrogens with one attached hydrogen (secondary N) is 2. The quantitative estimate of drug-likeness (QED) is 0.809. The zero-order valence-corrected chi connectivity index (χ0v) is 15.6. The van der Waals surface area contributed by atoms with E-state index in [1.54, 1.807) is 0 Å². The van der Waals surface area contributed by atoms with Gasteiger partial charge in [-0.3, -0.25) is 9.59 Å². The summed E-state index contributed by atoms with van der Waals surface area (Å²) in [6, 6.07) is 0.243. The van der Waals surface area contributed by atoms with Crippen LogP contribution in [0.3, 0.4) is 0 Å². The molecule has 2 N–H and O–H groups in total. The van der Waals surface area contributed by atoms with Gasteiger partial charge in [-0.05, 0) is 55.8 Å². The second kappa shape index (κ2) is 6.68. The molecule has 0 unspecified atom stereocenters. The maximum absolute atomic E-state index is 12.3. The molecule has 0 aromatic rings. The van der Waals surface area contributed by atoms with Crippen LogP contribution < -0.4 is 10.6 Å². The topological polar surface area (TPSA) is 58.2 Å². The number of carbonyl (C=O) groups is 2. The SMILES string of the molecule is CC1(C)C[C@@H](NC(=O)C2CCC2)C[C@@](C)(CNC(=O)C2CCC2)C1. The molecule has 3 rings (SSSR count). The van der Waals surface area contributed by atoms with Gasteiger partial charge in [-0.2, -0.15) is 0 Å². The van der Waals surface area contributed by atoms with Crippen molar-refractivity contribution in [1.29, 1.82) is 0 Å². The van der Waals surface area contributed by atoms with Crippen molar-refractivity contribution < 1.29 is 9.59 Å². The smallest absolute Gasteiger partial charge is 0.223 e. The maximum Gasteiger partial charge on any atom is 0.223 e. The van der Waals surface area contributed by atoms with Crippen molar-refractivity contribution in [1.82, 2.24) is 10.6 Å². The molecule has 0 aliphatic heterocycles. The van der Waals surface area contributed by atoms with Gasteiger partial charge >= 0.3 is 0 Å². The first-order valence-electron chi connectivity index (χ1n) is 9.85. The average molecular weight is 335 g/mol. The van der Waals surface area contributed by atoms with Gasteiger partial charge in [-0.25, -0.2) is 0 Å². The van der Waals surface area contributed by atoms with E-state index in [4.69, 9.17) is 0 Å². The Morgan fingerprint density at radius 1 is 0.917 bits per heavy atom. The molecule has 24 heavy (non-hydrogen) atoms. The second-order valence-corrected chi connectivity index (χ2v) is 9.74. The summed E-state index contributed by atoms with van der Waals surface area (Å²) in [6.07, 6.45) is 9.70. The minimum absolute atomic E-state index is 0.0682. The number of hydrogen-bond donors (Lipinski definition) is 2. The van der Waals surface area contributed by atoms with Crippen LogP contribution in [0, 0.1) is 22.7 Å². The van der Waals surface area contributed by atoms with E-state index in [0.29, 0.717) is 0 Å². The first kappa shape index (κ1) is 17.8. The number of amides is 2. The van der Waals surface area contributed by atoms with Gasteiger partial charge in [0.1, 0.15) is 0 Å². The lowest BCUT2D eigenvalue weighted by atomic mass is 9.62. The van der Waals surface area contributed by atoms with Gasteiger partial charge in [0.2, 0.25) is 11.8 Å². The van der Waals surface area contributed by atoms with Crippen LogP contribution in [0.2, 0.25) is 0 Å². The van der Waals surface area contributed by atoms with Crippen LogP contribution in [0.25, 0.3) is 0 Å².